The molecule has 1 aromatic carbocycles. The lowest BCUT2D eigenvalue weighted by molar-refractivity contribution is 0.0954. The minimum absolute atomic E-state index is 0.138. The van der Waals surface area contributed by atoms with Crippen LogP contribution in [0.15, 0.2) is 47.2 Å². The van der Waals surface area contributed by atoms with E-state index in [1.54, 1.807) is 22.7 Å². The summed E-state index contributed by atoms with van der Waals surface area (Å²) in [5.74, 6) is 0.608. The van der Waals surface area contributed by atoms with E-state index in [1.807, 2.05) is 51.7 Å². The Hall–Kier alpha value is -2.62. The molecule has 0 radical (unpaired) electrons. The number of carbonyl (C=O) groups is 1. The number of para-hydroxylation sites is 1. The third-order valence-electron chi connectivity index (χ3n) is 4.05. The van der Waals surface area contributed by atoms with E-state index >= 15 is 0 Å². The van der Waals surface area contributed by atoms with Gasteiger partial charge in [0.2, 0.25) is 4.96 Å². The predicted octanol–water partition coefficient (Wildman–Crippen LogP) is 4.10. The van der Waals surface area contributed by atoms with Gasteiger partial charge in [-0.3, -0.25) is 4.79 Å². The predicted molar refractivity (Wildman–Crippen MR) is 110 cm³/mol. The number of amides is 1. The fraction of sp³-hybridized carbons (Fsp3) is 0.111. The van der Waals surface area contributed by atoms with Gasteiger partial charge < -0.3 is 5.32 Å². The summed E-state index contributed by atoms with van der Waals surface area (Å²) in [6.07, 6.45) is 0.684. The van der Waals surface area contributed by atoms with Gasteiger partial charge in [-0.05, 0) is 23.6 Å². The first-order chi connectivity index (χ1) is 13.3. The Morgan fingerprint density at radius 3 is 2.89 bits per heavy atom. The van der Waals surface area contributed by atoms with Crippen LogP contribution >= 0.6 is 34.0 Å². The number of carbonyl (C=O) groups excluding carboxylic acids is 1. The molecule has 0 aliphatic carbocycles. The minimum atomic E-state index is -0.138. The van der Waals surface area contributed by atoms with Gasteiger partial charge in [0.1, 0.15) is 0 Å². The number of nitrogens with one attached hydrogen (secondary N) is 1. The van der Waals surface area contributed by atoms with Crippen molar-refractivity contribution in [1.82, 2.24) is 24.9 Å². The van der Waals surface area contributed by atoms with E-state index in [-0.39, 0.29) is 5.91 Å². The number of benzene rings is 1. The third kappa shape index (κ3) is 3.14. The Morgan fingerprint density at radius 1 is 1.11 bits per heavy atom. The van der Waals surface area contributed by atoms with E-state index in [0.29, 0.717) is 18.0 Å². The number of thiophene rings is 1. The monoisotopic (exact) mass is 411 g/mol. The van der Waals surface area contributed by atoms with Gasteiger partial charge in [-0.25, -0.2) is 9.50 Å². The maximum Gasteiger partial charge on any atom is 0.280 e. The minimum Gasteiger partial charge on any atom is -0.350 e. The topological polar surface area (TPSA) is 72.2 Å². The largest absolute Gasteiger partial charge is 0.350 e. The van der Waals surface area contributed by atoms with Crippen molar-refractivity contribution in [2.24, 2.45) is 0 Å². The molecule has 1 amide bonds. The van der Waals surface area contributed by atoms with Crippen LogP contribution in [0.1, 0.15) is 15.5 Å². The summed E-state index contributed by atoms with van der Waals surface area (Å²) in [5, 5.41) is 12.1. The molecule has 0 fully saturated rings. The van der Waals surface area contributed by atoms with Gasteiger partial charge in [-0.15, -0.1) is 39.1 Å². The molecule has 0 unspecified atom stereocenters. The van der Waals surface area contributed by atoms with Crippen LogP contribution in [-0.4, -0.2) is 32.0 Å². The molecule has 0 spiro atoms. The highest BCUT2D eigenvalue weighted by Gasteiger charge is 2.14. The fourth-order valence-corrected chi connectivity index (χ4v) is 5.15. The summed E-state index contributed by atoms with van der Waals surface area (Å²) in [5.41, 5.74) is 1.89. The molecule has 27 heavy (non-hydrogen) atoms. The van der Waals surface area contributed by atoms with Gasteiger partial charge in [0.15, 0.2) is 10.8 Å². The summed E-state index contributed by atoms with van der Waals surface area (Å²) in [7, 11) is 0. The van der Waals surface area contributed by atoms with Crippen molar-refractivity contribution in [1.29, 1.82) is 0 Å². The molecule has 5 aromatic rings. The summed E-state index contributed by atoms with van der Waals surface area (Å²) in [4.78, 5) is 23.3. The molecular formula is C18H13N5OS3. The van der Waals surface area contributed by atoms with Gasteiger partial charge in [0.25, 0.3) is 5.91 Å². The van der Waals surface area contributed by atoms with Crippen LogP contribution in [0.4, 0.5) is 0 Å². The molecule has 0 bridgehead atoms. The number of nitrogens with zero attached hydrogens (tertiary/aromatic N) is 4. The highest BCUT2D eigenvalue weighted by atomic mass is 32.1. The lowest BCUT2D eigenvalue weighted by Gasteiger charge is -2.01. The molecule has 0 saturated heterocycles. The molecule has 4 aromatic heterocycles. The zero-order valence-corrected chi connectivity index (χ0v) is 16.4. The summed E-state index contributed by atoms with van der Waals surface area (Å²) in [6, 6.07) is 11.8. The van der Waals surface area contributed by atoms with E-state index in [4.69, 9.17) is 0 Å². The van der Waals surface area contributed by atoms with Crippen LogP contribution in [0.5, 0.6) is 0 Å². The highest BCUT2D eigenvalue weighted by molar-refractivity contribution is 7.20. The molecule has 1 N–H and O–H groups in total. The summed E-state index contributed by atoms with van der Waals surface area (Å²) in [6.45, 7) is 0.523. The molecule has 9 heteroatoms. The fourth-order valence-electron chi connectivity index (χ4n) is 2.76. The average molecular weight is 412 g/mol. The first kappa shape index (κ1) is 16.5. The Balaban J connectivity index is 1.28. The summed E-state index contributed by atoms with van der Waals surface area (Å²) >= 11 is 4.60. The molecule has 0 atom stereocenters. The molecule has 5 rings (SSSR count). The standard InChI is InChI=1S/C18H13N5OS3/c24-16(17-20-12-4-1-2-5-13(12)27-17)19-8-7-11-10-26-18-21-15(22-23(11)18)14-6-3-9-25-14/h1-6,9-10H,7-8H2,(H,19,24). The van der Waals surface area contributed by atoms with Crippen molar-refractivity contribution in [3.05, 3.63) is 57.9 Å². The van der Waals surface area contributed by atoms with E-state index < -0.39 is 0 Å². The number of thiazole rings is 2. The first-order valence-electron chi connectivity index (χ1n) is 8.29. The van der Waals surface area contributed by atoms with Gasteiger partial charge in [-0.1, -0.05) is 18.2 Å². The Morgan fingerprint density at radius 2 is 2.04 bits per heavy atom. The number of aromatic nitrogens is 4. The normalized spacial score (nSPS) is 11.4. The van der Waals surface area contributed by atoms with Crippen LogP contribution in [0.25, 0.3) is 25.9 Å². The highest BCUT2D eigenvalue weighted by Crippen LogP contribution is 2.24. The smallest absolute Gasteiger partial charge is 0.280 e. The average Bonchev–Trinajstić information content (AvgIpc) is 3.44. The van der Waals surface area contributed by atoms with Crippen LogP contribution in [0.3, 0.4) is 0 Å². The first-order valence-corrected chi connectivity index (χ1v) is 10.9. The zero-order chi connectivity index (χ0) is 18.2. The molecule has 0 aliphatic heterocycles. The van der Waals surface area contributed by atoms with Crippen molar-refractivity contribution in [2.45, 2.75) is 6.42 Å². The lowest BCUT2D eigenvalue weighted by atomic mass is 10.3. The Kier molecular flexibility index (Phi) is 4.19. The molecule has 134 valence electrons. The number of rotatable bonds is 5. The van der Waals surface area contributed by atoms with Crippen LogP contribution in [0, 0.1) is 0 Å². The molecule has 4 heterocycles. The molecule has 0 saturated carbocycles. The number of hydrogen-bond acceptors (Lipinski definition) is 7. The van der Waals surface area contributed by atoms with Gasteiger partial charge in [0.05, 0.1) is 20.8 Å². The van der Waals surface area contributed by atoms with Gasteiger partial charge >= 0.3 is 0 Å². The van der Waals surface area contributed by atoms with Crippen molar-refractivity contribution < 1.29 is 4.79 Å². The van der Waals surface area contributed by atoms with E-state index in [0.717, 1.165) is 31.6 Å². The van der Waals surface area contributed by atoms with Crippen LogP contribution in [0.2, 0.25) is 0 Å². The Labute approximate surface area is 166 Å². The third-order valence-corrected chi connectivity index (χ3v) is 6.81. The maximum absolute atomic E-state index is 12.4. The van der Waals surface area contributed by atoms with E-state index in [9.17, 15) is 4.79 Å². The van der Waals surface area contributed by atoms with E-state index in [2.05, 4.69) is 20.4 Å². The number of hydrogen-bond donors (Lipinski definition) is 1. The SMILES string of the molecule is O=C(NCCc1csc2nc(-c3cccs3)nn12)c1nc2ccccc2s1. The summed E-state index contributed by atoms with van der Waals surface area (Å²) < 4.78 is 2.88. The van der Waals surface area contributed by atoms with Gasteiger partial charge in [0, 0.05) is 18.3 Å². The molecular weight excluding hydrogens is 398 g/mol. The van der Waals surface area contributed by atoms with E-state index in [1.165, 1.54) is 11.3 Å². The molecule has 6 nitrogen and oxygen atoms in total. The second kappa shape index (κ2) is 6.84. The number of fused-ring (bicyclic) bond motifs is 2. The lowest BCUT2D eigenvalue weighted by Crippen LogP contribution is -2.25. The zero-order valence-electron chi connectivity index (χ0n) is 14.0. The second-order valence-electron chi connectivity index (χ2n) is 5.83. The van der Waals surface area contributed by atoms with Crippen molar-refractivity contribution in [2.75, 3.05) is 6.54 Å². The van der Waals surface area contributed by atoms with Crippen molar-refractivity contribution >= 4 is 55.1 Å². The molecule has 0 aliphatic rings. The Bertz CT molecular complexity index is 1200. The van der Waals surface area contributed by atoms with Crippen LogP contribution in [-0.2, 0) is 6.42 Å². The van der Waals surface area contributed by atoms with Crippen molar-refractivity contribution in [3.8, 4) is 10.7 Å². The van der Waals surface area contributed by atoms with Crippen molar-refractivity contribution in [3.63, 3.8) is 0 Å². The van der Waals surface area contributed by atoms with Crippen LogP contribution < -0.4 is 5.32 Å². The quantitative estimate of drug-likeness (QED) is 0.473. The second-order valence-corrected chi connectivity index (χ2v) is 8.64. The maximum atomic E-state index is 12.4. The van der Waals surface area contributed by atoms with Gasteiger partial charge in [-0.2, -0.15) is 4.98 Å².